The van der Waals surface area contributed by atoms with Crippen LogP contribution in [0, 0.1) is 0 Å². The number of aryl methyl sites for hydroxylation is 1. The molecule has 1 aromatic heterocycles. The fourth-order valence-electron chi connectivity index (χ4n) is 1.95. The van der Waals surface area contributed by atoms with E-state index in [1.165, 1.54) is 0 Å². The van der Waals surface area contributed by atoms with Gasteiger partial charge in [-0.3, -0.25) is 0 Å². The van der Waals surface area contributed by atoms with Gasteiger partial charge in [0.15, 0.2) is 0 Å². The standard InChI is InChI=1S/C12H14N4O/c1-15-9-13-14-12(15)16(11-7-17-8-11)10-5-3-2-4-6-10/h2-6,9,11H,7-8H2,1H3. The summed E-state index contributed by atoms with van der Waals surface area (Å²) in [7, 11) is 1.95. The second-order valence-electron chi connectivity index (χ2n) is 4.14. The van der Waals surface area contributed by atoms with Gasteiger partial charge >= 0.3 is 0 Å². The molecule has 0 saturated carbocycles. The van der Waals surface area contributed by atoms with Gasteiger partial charge in [0.1, 0.15) is 6.33 Å². The van der Waals surface area contributed by atoms with Crippen LogP contribution in [0.2, 0.25) is 0 Å². The van der Waals surface area contributed by atoms with E-state index in [4.69, 9.17) is 4.74 Å². The van der Waals surface area contributed by atoms with Crippen LogP contribution in [0.5, 0.6) is 0 Å². The molecule has 1 saturated heterocycles. The quantitative estimate of drug-likeness (QED) is 0.798. The van der Waals surface area contributed by atoms with Crippen molar-refractivity contribution in [2.24, 2.45) is 7.05 Å². The molecule has 2 heterocycles. The topological polar surface area (TPSA) is 43.2 Å². The predicted octanol–water partition coefficient (Wildman–Crippen LogP) is 1.35. The maximum atomic E-state index is 5.28. The second kappa shape index (κ2) is 4.18. The Morgan fingerprint density at radius 3 is 2.59 bits per heavy atom. The summed E-state index contributed by atoms with van der Waals surface area (Å²) in [6, 6.07) is 10.6. The first kappa shape index (κ1) is 10.3. The zero-order valence-electron chi connectivity index (χ0n) is 9.65. The van der Waals surface area contributed by atoms with E-state index in [0.717, 1.165) is 24.8 Å². The van der Waals surface area contributed by atoms with Crippen LogP contribution in [0.15, 0.2) is 36.7 Å². The molecule has 0 atom stereocenters. The molecule has 1 aliphatic rings. The Morgan fingerprint density at radius 2 is 2.06 bits per heavy atom. The van der Waals surface area contributed by atoms with Crippen LogP contribution in [0.1, 0.15) is 0 Å². The third kappa shape index (κ3) is 1.78. The lowest BCUT2D eigenvalue weighted by Gasteiger charge is -2.37. The fourth-order valence-corrected chi connectivity index (χ4v) is 1.95. The van der Waals surface area contributed by atoms with Crippen molar-refractivity contribution in [3.05, 3.63) is 36.7 Å². The molecule has 2 aromatic rings. The van der Waals surface area contributed by atoms with E-state index in [2.05, 4.69) is 27.2 Å². The van der Waals surface area contributed by atoms with Gasteiger partial charge in [0.2, 0.25) is 5.95 Å². The summed E-state index contributed by atoms with van der Waals surface area (Å²) in [5.74, 6) is 0.851. The molecule has 17 heavy (non-hydrogen) atoms. The van der Waals surface area contributed by atoms with Crippen LogP contribution >= 0.6 is 0 Å². The van der Waals surface area contributed by atoms with Crippen LogP contribution in [-0.2, 0) is 11.8 Å². The van der Waals surface area contributed by atoms with Crippen molar-refractivity contribution >= 4 is 11.6 Å². The molecule has 1 fully saturated rings. The van der Waals surface area contributed by atoms with E-state index in [0.29, 0.717) is 6.04 Å². The fraction of sp³-hybridized carbons (Fsp3) is 0.333. The Bertz CT molecular complexity index is 492. The van der Waals surface area contributed by atoms with Crippen LogP contribution in [0.25, 0.3) is 0 Å². The normalized spacial score (nSPS) is 15.6. The molecule has 0 unspecified atom stereocenters. The van der Waals surface area contributed by atoms with E-state index in [1.807, 2.05) is 29.8 Å². The van der Waals surface area contributed by atoms with E-state index in [9.17, 15) is 0 Å². The summed E-state index contributed by atoms with van der Waals surface area (Å²) >= 11 is 0. The number of nitrogens with zero attached hydrogens (tertiary/aromatic N) is 4. The highest BCUT2D eigenvalue weighted by Gasteiger charge is 2.29. The van der Waals surface area contributed by atoms with Gasteiger partial charge in [0, 0.05) is 12.7 Å². The van der Waals surface area contributed by atoms with Crippen molar-refractivity contribution in [2.45, 2.75) is 6.04 Å². The van der Waals surface area contributed by atoms with Crippen molar-refractivity contribution in [3.8, 4) is 0 Å². The lowest BCUT2D eigenvalue weighted by Crippen LogP contribution is -2.47. The second-order valence-corrected chi connectivity index (χ2v) is 4.14. The maximum Gasteiger partial charge on any atom is 0.231 e. The molecule has 0 amide bonds. The number of ether oxygens (including phenoxy) is 1. The Hall–Kier alpha value is -1.88. The molecule has 1 aliphatic heterocycles. The molecular formula is C12H14N4O. The highest BCUT2D eigenvalue weighted by atomic mass is 16.5. The first-order valence-corrected chi connectivity index (χ1v) is 5.62. The molecule has 0 N–H and O–H groups in total. The van der Waals surface area contributed by atoms with Gasteiger partial charge in [-0.05, 0) is 12.1 Å². The Morgan fingerprint density at radius 1 is 1.29 bits per heavy atom. The van der Waals surface area contributed by atoms with E-state index in [1.54, 1.807) is 6.33 Å². The van der Waals surface area contributed by atoms with E-state index in [-0.39, 0.29) is 0 Å². The van der Waals surface area contributed by atoms with E-state index >= 15 is 0 Å². The van der Waals surface area contributed by atoms with Crippen molar-refractivity contribution in [1.29, 1.82) is 0 Å². The zero-order chi connectivity index (χ0) is 11.7. The lowest BCUT2D eigenvalue weighted by atomic mass is 10.2. The van der Waals surface area contributed by atoms with Gasteiger partial charge in [-0.2, -0.15) is 0 Å². The zero-order valence-corrected chi connectivity index (χ0v) is 9.65. The number of anilines is 2. The minimum atomic E-state index is 0.347. The minimum absolute atomic E-state index is 0.347. The lowest BCUT2D eigenvalue weighted by molar-refractivity contribution is 0.0117. The number of aromatic nitrogens is 3. The van der Waals surface area contributed by atoms with Crippen LogP contribution < -0.4 is 4.90 Å². The van der Waals surface area contributed by atoms with Gasteiger partial charge in [0.25, 0.3) is 0 Å². The van der Waals surface area contributed by atoms with Gasteiger partial charge in [-0.15, -0.1) is 10.2 Å². The molecule has 3 rings (SSSR count). The number of para-hydroxylation sites is 1. The predicted molar refractivity (Wildman–Crippen MR) is 64.2 cm³/mol. The molecule has 1 aromatic carbocycles. The van der Waals surface area contributed by atoms with Crippen LogP contribution in [0.3, 0.4) is 0 Å². The molecule has 0 bridgehead atoms. The molecule has 5 nitrogen and oxygen atoms in total. The molecule has 0 spiro atoms. The summed E-state index contributed by atoms with van der Waals surface area (Å²) in [4.78, 5) is 2.18. The van der Waals surface area contributed by atoms with Crippen LogP contribution in [-0.4, -0.2) is 34.0 Å². The van der Waals surface area contributed by atoms with Crippen molar-refractivity contribution in [2.75, 3.05) is 18.1 Å². The third-order valence-corrected chi connectivity index (χ3v) is 2.92. The van der Waals surface area contributed by atoms with Gasteiger partial charge < -0.3 is 14.2 Å². The number of benzene rings is 1. The van der Waals surface area contributed by atoms with Crippen molar-refractivity contribution in [1.82, 2.24) is 14.8 Å². The average Bonchev–Trinajstić information content (AvgIpc) is 2.71. The molecular weight excluding hydrogens is 216 g/mol. The summed E-state index contributed by atoms with van der Waals surface area (Å²) in [5, 5.41) is 8.12. The van der Waals surface area contributed by atoms with Gasteiger partial charge in [-0.25, -0.2) is 0 Å². The van der Waals surface area contributed by atoms with Gasteiger partial charge in [0.05, 0.1) is 19.3 Å². The highest BCUT2D eigenvalue weighted by molar-refractivity contribution is 5.58. The number of hydrogen-bond acceptors (Lipinski definition) is 4. The third-order valence-electron chi connectivity index (χ3n) is 2.92. The van der Waals surface area contributed by atoms with Gasteiger partial charge in [-0.1, -0.05) is 18.2 Å². The molecule has 0 radical (unpaired) electrons. The smallest absolute Gasteiger partial charge is 0.231 e. The van der Waals surface area contributed by atoms with E-state index < -0.39 is 0 Å². The molecule has 0 aliphatic carbocycles. The highest BCUT2D eigenvalue weighted by Crippen LogP contribution is 2.28. The summed E-state index contributed by atoms with van der Waals surface area (Å²) < 4.78 is 7.20. The average molecular weight is 230 g/mol. The van der Waals surface area contributed by atoms with Crippen molar-refractivity contribution < 1.29 is 4.74 Å². The molecule has 88 valence electrons. The number of rotatable bonds is 3. The Labute approximate surface area is 99.6 Å². The Balaban J connectivity index is 2.01. The number of hydrogen-bond donors (Lipinski definition) is 0. The minimum Gasteiger partial charge on any atom is -0.377 e. The first-order valence-electron chi connectivity index (χ1n) is 5.62. The largest absolute Gasteiger partial charge is 0.377 e. The Kier molecular flexibility index (Phi) is 2.53. The summed E-state index contributed by atoms with van der Waals surface area (Å²) in [6.07, 6.45) is 1.71. The van der Waals surface area contributed by atoms with Crippen LogP contribution in [0.4, 0.5) is 11.6 Å². The maximum absolute atomic E-state index is 5.28. The summed E-state index contributed by atoms with van der Waals surface area (Å²) in [6.45, 7) is 1.48. The SMILES string of the molecule is Cn1cnnc1N(c1ccccc1)C1COC1. The summed E-state index contributed by atoms with van der Waals surface area (Å²) in [5.41, 5.74) is 1.12. The first-order chi connectivity index (χ1) is 8.36. The molecule has 5 heteroatoms. The monoisotopic (exact) mass is 230 g/mol. The van der Waals surface area contributed by atoms with Crippen molar-refractivity contribution in [3.63, 3.8) is 0 Å².